The van der Waals surface area contributed by atoms with Crippen LogP contribution in [0.2, 0.25) is 0 Å². The van der Waals surface area contributed by atoms with Gasteiger partial charge < -0.3 is 0 Å². The van der Waals surface area contributed by atoms with Gasteiger partial charge in [0.25, 0.3) is 0 Å². The van der Waals surface area contributed by atoms with Gasteiger partial charge in [0.2, 0.25) is 0 Å². The van der Waals surface area contributed by atoms with Gasteiger partial charge >= 0.3 is 0 Å². The zero-order chi connectivity index (χ0) is 11.5. The van der Waals surface area contributed by atoms with E-state index in [2.05, 4.69) is 15.6 Å². The van der Waals surface area contributed by atoms with Crippen molar-refractivity contribution in [3.63, 3.8) is 0 Å². The third-order valence-electron chi connectivity index (χ3n) is 2.54. The Hall–Kier alpha value is -1.66. The molecule has 0 spiro atoms. The van der Waals surface area contributed by atoms with Crippen LogP contribution in [0.5, 0.6) is 0 Å². The second kappa shape index (κ2) is 4.46. The summed E-state index contributed by atoms with van der Waals surface area (Å²) in [6.45, 7) is 2.86. The molecule has 2 rings (SSSR count). The van der Waals surface area contributed by atoms with E-state index in [4.69, 9.17) is 5.84 Å². The van der Waals surface area contributed by atoms with Gasteiger partial charge in [0.05, 0.1) is 11.4 Å². The van der Waals surface area contributed by atoms with Crippen LogP contribution in [0.25, 0.3) is 0 Å². The molecule has 6 heteroatoms. The van der Waals surface area contributed by atoms with E-state index >= 15 is 0 Å². The van der Waals surface area contributed by atoms with Crippen LogP contribution in [0.4, 0.5) is 0 Å². The number of nitrogens with one attached hydrogen (secondary N) is 1. The highest BCUT2D eigenvalue weighted by Gasteiger charge is 2.18. The van der Waals surface area contributed by atoms with Crippen molar-refractivity contribution < 1.29 is 0 Å². The van der Waals surface area contributed by atoms with Gasteiger partial charge in [-0.05, 0) is 19.1 Å². The highest BCUT2D eigenvalue weighted by molar-refractivity contribution is 5.20. The van der Waals surface area contributed by atoms with Gasteiger partial charge in [0.15, 0.2) is 0 Å². The van der Waals surface area contributed by atoms with Crippen LogP contribution in [-0.4, -0.2) is 19.6 Å². The number of nitrogens with zero attached hydrogens (tertiary/aromatic N) is 4. The molecule has 0 radical (unpaired) electrons. The van der Waals surface area contributed by atoms with Gasteiger partial charge in [0.1, 0.15) is 6.04 Å². The Morgan fingerprint density at radius 2 is 2.31 bits per heavy atom. The molecule has 2 aromatic rings. The van der Waals surface area contributed by atoms with Crippen molar-refractivity contribution in [2.45, 2.75) is 19.5 Å². The quantitative estimate of drug-likeness (QED) is 0.570. The summed E-state index contributed by atoms with van der Waals surface area (Å²) in [7, 11) is 1.88. The van der Waals surface area contributed by atoms with E-state index in [1.165, 1.54) is 0 Å². The zero-order valence-electron chi connectivity index (χ0n) is 9.46. The average Bonchev–Trinajstić information content (AvgIpc) is 2.89. The Balaban J connectivity index is 2.36. The number of hydrogen-bond donors (Lipinski definition) is 2. The zero-order valence-corrected chi connectivity index (χ0v) is 9.46. The van der Waals surface area contributed by atoms with Crippen LogP contribution in [0.15, 0.2) is 24.5 Å². The first kappa shape index (κ1) is 10.8. The largest absolute Gasteiger partial charge is 0.275 e. The molecule has 0 aliphatic rings. The molecule has 0 aliphatic carbocycles. The fourth-order valence-electron chi connectivity index (χ4n) is 1.76. The summed E-state index contributed by atoms with van der Waals surface area (Å²) in [5.41, 5.74) is 4.68. The standard InChI is InChI=1S/C10H16N6/c1-3-16-9(4-6-12-16)10(13-11)8-5-7-15(2)14-8/h4-7,10,13H,3,11H2,1-2H3. The predicted octanol–water partition coefficient (Wildman–Crippen LogP) is 0.189. The van der Waals surface area contributed by atoms with Crippen LogP contribution in [0.3, 0.4) is 0 Å². The lowest BCUT2D eigenvalue weighted by Gasteiger charge is -2.14. The van der Waals surface area contributed by atoms with Crippen molar-refractivity contribution >= 4 is 0 Å². The highest BCUT2D eigenvalue weighted by atomic mass is 15.3. The molecule has 0 saturated carbocycles. The number of aromatic nitrogens is 4. The van der Waals surface area contributed by atoms with E-state index in [1.54, 1.807) is 10.9 Å². The van der Waals surface area contributed by atoms with Crippen molar-refractivity contribution in [1.82, 2.24) is 25.0 Å². The molecular formula is C10H16N6. The molecule has 1 unspecified atom stereocenters. The van der Waals surface area contributed by atoms with Gasteiger partial charge in [-0.3, -0.25) is 15.2 Å². The van der Waals surface area contributed by atoms with Crippen LogP contribution >= 0.6 is 0 Å². The summed E-state index contributed by atoms with van der Waals surface area (Å²) in [6.07, 6.45) is 3.67. The van der Waals surface area contributed by atoms with E-state index in [0.717, 1.165) is 17.9 Å². The van der Waals surface area contributed by atoms with Crippen molar-refractivity contribution in [2.24, 2.45) is 12.9 Å². The highest BCUT2D eigenvalue weighted by Crippen LogP contribution is 2.18. The summed E-state index contributed by atoms with van der Waals surface area (Å²) >= 11 is 0. The fourth-order valence-corrected chi connectivity index (χ4v) is 1.76. The molecule has 0 aromatic carbocycles. The number of nitrogens with two attached hydrogens (primary N) is 1. The van der Waals surface area contributed by atoms with E-state index < -0.39 is 0 Å². The molecular weight excluding hydrogens is 204 g/mol. The maximum Gasteiger partial charge on any atom is 0.107 e. The van der Waals surface area contributed by atoms with Crippen molar-refractivity contribution in [2.75, 3.05) is 0 Å². The molecule has 0 saturated heterocycles. The van der Waals surface area contributed by atoms with E-state index in [-0.39, 0.29) is 6.04 Å². The van der Waals surface area contributed by atoms with Crippen molar-refractivity contribution in [3.05, 3.63) is 35.9 Å². The second-order valence-corrected chi connectivity index (χ2v) is 3.59. The lowest BCUT2D eigenvalue weighted by molar-refractivity contribution is 0.530. The topological polar surface area (TPSA) is 73.7 Å². The third kappa shape index (κ3) is 1.84. The molecule has 6 nitrogen and oxygen atoms in total. The summed E-state index contributed by atoms with van der Waals surface area (Å²) in [5, 5.41) is 8.57. The first-order valence-electron chi connectivity index (χ1n) is 5.23. The van der Waals surface area contributed by atoms with Gasteiger partial charge in [-0.25, -0.2) is 5.43 Å². The van der Waals surface area contributed by atoms with Crippen LogP contribution in [0.1, 0.15) is 24.4 Å². The Morgan fingerprint density at radius 1 is 1.50 bits per heavy atom. The first-order chi connectivity index (χ1) is 7.76. The normalized spacial score (nSPS) is 12.9. The Labute approximate surface area is 94.0 Å². The van der Waals surface area contributed by atoms with Crippen LogP contribution in [-0.2, 0) is 13.6 Å². The van der Waals surface area contributed by atoms with E-state index in [0.29, 0.717) is 0 Å². The first-order valence-corrected chi connectivity index (χ1v) is 5.23. The maximum absolute atomic E-state index is 5.59. The van der Waals surface area contributed by atoms with Gasteiger partial charge in [-0.2, -0.15) is 10.2 Å². The maximum atomic E-state index is 5.59. The average molecular weight is 220 g/mol. The van der Waals surface area contributed by atoms with E-state index in [9.17, 15) is 0 Å². The summed E-state index contributed by atoms with van der Waals surface area (Å²) < 4.78 is 3.66. The minimum Gasteiger partial charge on any atom is -0.275 e. The van der Waals surface area contributed by atoms with Gasteiger partial charge in [-0.15, -0.1) is 0 Å². The van der Waals surface area contributed by atoms with Crippen molar-refractivity contribution in [3.8, 4) is 0 Å². The molecule has 2 aromatic heterocycles. The molecule has 86 valence electrons. The molecule has 2 heterocycles. The number of rotatable bonds is 4. The third-order valence-corrected chi connectivity index (χ3v) is 2.54. The molecule has 1 atom stereocenters. The molecule has 0 fully saturated rings. The molecule has 0 amide bonds. The smallest absolute Gasteiger partial charge is 0.107 e. The minimum absolute atomic E-state index is 0.122. The molecule has 3 N–H and O–H groups in total. The van der Waals surface area contributed by atoms with Gasteiger partial charge in [0, 0.05) is 26.0 Å². The molecule has 16 heavy (non-hydrogen) atoms. The van der Waals surface area contributed by atoms with Crippen molar-refractivity contribution in [1.29, 1.82) is 0 Å². The summed E-state index contributed by atoms with van der Waals surface area (Å²) in [4.78, 5) is 0. The Morgan fingerprint density at radius 3 is 2.88 bits per heavy atom. The Bertz CT molecular complexity index is 457. The summed E-state index contributed by atoms with van der Waals surface area (Å²) in [6, 6.07) is 3.77. The second-order valence-electron chi connectivity index (χ2n) is 3.59. The molecule has 0 bridgehead atoms. The SMILES string of the molecule is CCn1nccc1C(NN)c1ccn(C)n1. The number of hydrazine groups is 1. The van der Waals surface area contributed by atoms with Crippen LogP contribution in [0, 0.1) is 0 Å². The number of hydrogen-bond acceptors (Lipinski definition) is 4. The Kier molecular flexibility index (Phi) is 3.02. The lowest BCUT2D eigenvalue weighted by atomic mass is 10.1. The van der Waals surface area contributed by atoms with Gasteiger partial charge in [-0.1, -0.05) is 0 Å². The lowest BCUT2D eigenvalue weighted by Crippen LogP contribution is -2.31. The predicted molar refractivity (Wildman–Crippen MR) is 60.3 cm³/mol. The summed E-state index contributed by atoms with van der Waals surface area (Å²) in [5.74, 6) is 5.59. The fraction of sp³-hybridized carbons (Fsp3) is 0.400. The minimum atomic E-state index is -0.122. The number of aryl methyl sites for hydroxylation is 2. The van der Waals surface area contributed by atoms with Crippen LogP contribution < -0.4 is 11.3 Å². The monoisotopic (exact) mass is 220 g/mol. The van der Waals surface area contributed by atoms with E-state index in [1.807, 2.05) is 37.0 Å². The molecule has 0 aliphatic heterocycles.